The Kier molecular flexibility index (Phi) is 5.98. The van der Waals surface area contributed by atoms with E-state index in [-0.39, 0.29) is 12.4 Å². The lowest BCUT2D eigenvalue weighted by molar-refractivity contribution is -0.141. The molecule has 0 unspecified atom stereocenters. The first-order valence-corrected chi connectivity index (χ1v) is 4.43. The van der Waals surface area contributed by atoms with Crippen LogP contribution in [0.5, 0.6) is 0 Å². The molecule has 17 heavy (non-hydrogen) atoms. The van der Waals surface area contributed by atoms with Gasteiger partial charge in [-0.15, -0.1) is 12.4 Å². The summed E-state index contributed by atoms with van der Waals surface area (Å²) in [6, 6.07) is 0.132. The summed E-state index contributed by atoms with van der Waals surface area (Å²) >= 11 is 0. The smallest absolute Gasteiger partial charge is 0.307 e. The van der Waals surface area contributed by atoms with Gasteiger partial charge in [0.2, 0.25) is 0 Å². The van der Waals surface area contributed by atoms with Crippen LogP contribution in [0, 0.1) is 17.5 Å². The van der Waals surface area contributed by atoms with E-state index in [1.54, 1.807) is 0 Å². The summed E-state index contributed by atoms with van der Waals surface area (Å²) in [4.78, 5) is 10.9. The largest absolute Gasteiger partial charge is 0.469 e. The van der Waals surface area contributed by atoms with Gasteiger partial charge in [-0.2, -0.15) is 0 Å². The van der Waals surface area contributed by atoms with Gasteiger partial charge in [-0.3, -0.25) is 4.79 Å². The van der Waals surface area contributed by atoms with Gasteiger partial charge in [0, 0.05) is 11.6 Å². The van der Waals surface area contributed by atoms with E-state index >= 15 is 0 Å². The minimum Gasteiger partial charge on any atom is -0.469 e. The molecule has 0 saturated carbocycles. The van der Waals surface area contributed by atoms with Gasteiger partial charge in [0.05, 0.1) is 13.5 Å². The van der Waals surface area contributed by atoms with Crippen molar-refractivity contribution < 1.29 is 22.7 Å². The minimum atomic E-state index is -1.38. The third-order valence-electron chi connectivity index (χ3n) is 2.06. The Hall–Kier alpha value is -1.27. The van der Waals surface area contributed by atoms with E-state index in [9.17, 15) is 18.0 Å². The van der Waals surface area contributed by atoms with E-state index in [1.165, 1.54) is 0 Å². The second kappa shape index (κ2) is 6.46. The fraction of sp³-hybridized carbons (Fsp3) is 0.300. The molecule has 0 aliphatic heterocycles. The molecule has 96 valence electrons. The van der Waals surface area contributed by atoms with Crippen LogP contribution in [0.25, 0.3) is 0 Å². The van der Waals surface area contributed by atoms with Gasteiger partial charge in [0.15, 0.2) is 11.6 Å². The molecule has 0 radical (unpaired) electrons. The molecular formula is C10H11ClF3NO2. The summed E-state index contributed by atoms with van der Waals surface area (Å²) in [5, 5.41) is 0. The SMILES string of the molecule is COC(=O)C[C@@H](N)c1c(F)ccc(F)c1F.Cl. The molecule has 0 aliphatic carbocycles. The van der Waals surface area contributed by atoms with Gasteiger partial charge in [-0.25, -0.2) is 13.2 Å². The number of benzene rings is 1. The number of rotatable bonds is 3. The number of halogens is 4. The molecule has 1 aromatic rings. The fourth-order valence-corrected chi connectivity index (χ4v) is 1.25. The van der Waals surface area contributed by atoms with E-state index in [2.05, 4.69) is 4.74 Å². The van der Waals surface area contributed by atoms with E-state index < -0.39 is 41.4 Å². The Bertz CT molecular complexity index is 415. The summed E-state index contributed by atoms with van der Waals surface area (Å²) in [7, 11) is 1.12. The van der Waals surface area contributed by atoms with Crippen LogP contribution in [0.1, 0.15) is 18.0 Å². The van der Waals surface area contributed by atoms with Gasteiger partial charge in [-0.1, -0.05) is 0 Å². The molecule has 0 spiro atoms. The number of nitrogens with two attached hydrogens (primary N) is 1. The minimum absolute atomic E-state index is 0. The number of ether oxygens (including phenoxy) is 1. The zero-order valence-electron chi connectivity index (χ0n) is 8.88. The molecule has 0 aromatic heterocycles. The molecule has 1 aromatic carbocycles. The highest BCUT2D eigenvalue weighted by atomic mass is 35.5. The van der Waals surface area contributed by atoms with Crippen LogP contribution in [-0.4, -0.2) is 13.1 Å². The average molecular weight is 270 g/mol. The van der Waals surface area contributed by atoms with Crippen molar-refractivity contribution in [1.29, 1.82) is 0 Å². The van der Waals surface area contributed by atoms with Crippen molar-refractivity contribution in [3.63, 3.8) is 0 Å². The van der Waals surface area contributed by atoms with Gasteiger partial charge in [-0.05, 0) is 12.1 Å². The fourth-order valence-electron chi connectivity index (χ4n) is 1.25. The van der Waals surface area contributed by atoms with Gasteiger partial charge < -0.3 is 10.5 Å². The normalized spacial score (nSPS) is 11.6. The van der Waals surface area contributed by atoms with Gasteiger partial charge >= 0.3 is 5.97 Å². The lowest BCUT2D eigenvalue weighted by Gasteiger charge is -2.12. The second-order valence-corrected chi connectivity index (χ2v) is 3.14. The molecule has 1 rings (SSSR count). The van der Waals surface area contributed by atoms with Crippen LogP contribution in [-0.2, 0) is 9.53 Å². The second-order valence-electron chi connectivity index (χ2n) is 3.14. The van der Waals surface area contributed by atoms with Crippen LogP contribution in [0.3, 0.4) is 0 Å². The van der Waals surface area contributed by atoms with Crippen molar-refractivity contribution in [3.8, 4) is 0 Å². The molecule has 2 N–H and O–H groups in total. The van der Waals surface area contributed by atoms with Crippen molar-refractivity contribution >= 4 is 18.4 Å². The molecule has 0 saturated heterocycles. The molecule has 0 heterocycles. The van der Waals surface area contributed by atoms with Crippen LogP contribution >= 0.6 is 12.4 Å². The Labute approximate surface area is 102 Å². The zero-order valence-corrected chi connectivity index (χ0v) is 9.69. The summed E-state index contributed by atoms with van der Waals surface area (Å²) in [5.41, 5.74) is 4.75. The first-order valence-electron chi connectivity index (χ1n) is 4.43. The number of carbonyl (C=O) groups is 1. The summed E-state index contributed by atoms with van der Waals surface area (Å²) < 4.78 is 43.5. The standard InChI is InChI=1S/C10H10F3NO2.ClH/c1-16-8(15)4-7(14)9-5(11)2-3-6(12)10(9)13;/h2-3,7H,4,14H2,1H3;1H/t7-;/m1./s1. The summed E-state index contributed by atoms with van der Waals surface area (Å²) in [5.74, 6) is -4.31. The highest BCUT2D eigenvalue weighted by Gasteiger charge is 2.22. The molecule has 0 bridgehead atoms. The average Bonchev–Trinajstić information content (AvgIpc) is 2.24. The van der Waals surface area contributed by atoms with E-state index in [1.807, 2.05) is 0 Å². The first-order chi connectivity index (χ1) is 7.47. The quantitative estimate of drug-likeness (QED) is 0.675. The van der Waals surface area contributed by atoms with E-state index in [0.717, 1.165) is 13.2 Å². The lowest BCUT2D eigenvalue weighted by atomic mass is 10.0. The van der Waals surface area contributed by atoms with Crippen LogP contribution in [0.15, 0.2) is 12.1 Å². The Morgan fingerprint density at radius 3 is 2.41 bits per heavy atom. The Morgan fingerprint density at radius 2 is 1.88 bits per heavy atom. The Balaban J connectivity index is 0.00000256. The van der Waals surface area contributed by atoms with Crippen LogP contribution in [0.2, 0.25) is 0 Å². The molecule has 0 aliphatic rings. The summed E-state index contributed by atoms with van der Waals surface area (Å²) in [6.07, 6.45) is -0.423. The van der Waals surface area contributed by atoms with E-state index in [4.69, 9.17) is 5.73 Å². The van der Waals surface area contributed by atoms with Gasteiger partial charge in [0.25, 0.3) is 0 Å². The van der Waals surface area contributed by atoms with E-state index in [0.29, 0.717) is 6.07 Å². The van der Waals surface area contributed by atoms with Crippen molar-refractivity contribution in [2.24, 2.45) is 5.73 Å². The molecule has 3 nitrogen and oxygen atoms in total. The number of hydrogen-bond donors (Lipinski definition) is 1. The lowest BCUT2D eigenvalue weighted by Crippen LogP contribution is -2.19. The topological polar surface area (TPSA) is 52.3 Å². The maximum atomic E-state index is 13.2. The maximum Gasteiger partial charge on any atom is 0.307 e. The van der Waals surface area contributed by atoms with Crippen molar-refractivity contribution in [2.75, 3.05) is 7.11 Å². The highest BCUT2D eigenvalue weighted by Crippen LogP contribution is 2.23. The van der Waals surface area contributed by atoms with Crippen molar-refractivity contribution in [2.45, 2.75) is 12.5 Å². The predicted octanol–water partition coefficient (Wildman–Crippen LogP) is 2.09. The monoisotopic (exact) mass is 269 g/mol. The number of carbonyl (C=O) groups excluding carboxylic acids is 1. The first kappa shape index (κ1) is 15.7. The van der Waals surface area contributed by atoms with Crippen LogP contribution < -0.4 is 5.73 Å². The van der Waals surface area contributed by atoms with Crippen molar-refractivity contribution in [3.05, 3.63) is 35.1 Å². The number of esters is 1. The predicted molar refractivity (Wildman–Crippen MR) is 57.1 cm³/mol. The van der Waals surface area contributed by atoms with Gasteiger partial charge in [0.1, 0.15) is 5.82 Å². The third kappa shape index (κ3) is 3.61. The van der Waals surface area contributed by atoms with Crippen LogP contribution in [0.4, 0.5) is 13.2 Å². The number of methoxy groups -OCH3 is 1. The highest BCUT2D eigenvalue weighted by molar-refractivity contribution is 5.85. The molecule has 1 atom stereocenters. The molecule has 7 heteroatoms. The molecule has 0 amide bonds. The zero-order chi connectivity index (χ0) is 12.3. The van der Waals surface area contributed by atoms with Crippen molar-refractivity contribution in [1.82, 2.24) is 0 Å². The Morgan fingerprint density at radius 1 is 1.35 bits per heavy atom. The summed E-state index contributed by atoms with van der Waals surface area (Å²) in [6.45, 7) is 0. The molecular weight excluding hydrogens is 259 g/mol. The molecule has 0 fully saturated rings. The maximum absolute atomic E-state index is 13.2. The number of hydrogen-bond acceptors (Lipinski definition) is 3. The third-order valence-corrected chi connectivity index (χ3v) is 2.06.